The maximum Gasteiger partial charge on any atom is 0.138 e. The number of nitrogens with zero attached hydrogens (tertiary/aromatic N) is 5. The van der Waals surface area contributed by atoms with Gasteiger partial charge < -0.3 is 14.7 Å². The van der Waals surface area contributed by atoms with Crippen molar-refractivity contribution in [3.63, 3.8) is 0 Å². The molecule has 0 bridgehead atoms. The van der Waals surface area contributed by atoms with Gasteiger partial charge in [0.2, 0.25) is 0 Å². The van der Waals surface area contributed by atoms with E-state index in [2.05, 4.69) is 27.0 Å². The number of aliphatic hydroxyl groups is 1. The van der Waals surface area contributed by atoms with Crippen LogP contribution in [0.5, 0.6) is 5.75 Å². The van der Waals surface area contributed by atoms with Gasteiger partial charge in [0.25, 0.3) is 0 Å². The zero-order valence-electron chi connectivity index (χ0n) is 17.7. The summed E-state index contributed by atoms with van der Waals surface area (Å²) in [6.07, 6.45) is 12.6. The van der Waals surface area contributed by atoms with Crippen LogP contribution in [-0.4, -0.2) is 45.0 Å². The van der Waals surface area contributed by atoms with Crippen LogP contribution >= 0.6 is 0 Å². The molecular formula is C24H25N5O2. The largest absolute Gasteiger partial charge is 0.489 e. The number of terminal acetylenes is 1. The van der Waals surface area contributed by atoms with Crippen molar-refractivity contribution in [1.29, 1.82) is 5.26 Å². The Morgan fingerprint density at radius 2 is 2.06 bits per heavy atom. The van der Waals surface area contributed by atoms with Gasteiger partial charge in [0.15, 0.2) is 0 Å². The summed E-state index contributed by atoms with van der Waals surface area (Å²) in [5.74, 6) is 4.67. The first-order valence-electron chi connectivity index (χ1n) is 10.3. The molecular weight excluding hydrogens is 390 g/mol. The molecule has 1 aliphatic rings. The molecule has 4 heterocycles. The van der Waals surface area contributed by atoms with Crippen molar-refractivity contribution in [3.05, 3.63) is 42.4 Å². The van der Waals surface area contributed by atoms with E-state index < -0.39 is 5.60 Å². The highest BCUT2D eigenvalue weighted by Crippen LogP contribution is 2.32. The first-order valence-corrected chi connectivity index (χ1v) is 10.3. The summed E-state index contributed by atoms with van der Waals surface area (Å²) in [6.45, 7) is 5.29. The van der Waals surface area contributed by atoms with Crippen LogP contribution in [0.15, 0.2) is 36.8 Å². The number of ether oxygens (including phenoxy) is 1. The molecule has 3 aromatic rings. The Morgan fingerprint density at radius 1 is 1.29 bits per heavy atom. The molecule has 0 radical (unpaired) electrons. The molecule has 7 heteroatoms. The molecule has 1 aliphatic heterocycles. The summed E-state index contributed by atoms with van der Waals surface area (Å²) in [7, 11) is 0. The van der Waals surface area contributed by atoms with Crippen LogP contribution in [0, 0.1) is 29.6 Å². The third-order valence-electron chi connectivity index (χ3n) is 5.41. The zero-order valence-corrected chi connectivity index (χ0v) is 17.7. The van der Waals surface area contributed by atoms with Gasteiger partial charge in [0.1, 0.15) is 24.2 Å². The number of rotatable bonds is 5. The van der Waals surface area contributed by atoms with E-state index in [1.54, 1.807) is 24.6 Å². The summed E-state index contributed by atoms with van der Waals surface area (Å²) in [5.41, 5.74) is 1.87. The molecule has 4 rings (SSSR count). The Bertz CT molecular complexity index is 1150. The highest BCUT2D eigenvalue weighted by atomic mass is 16.5. The number of pyridine rings is 2. The van der Waals surface area contributed by atoms with Gasteiger partial charge in [-0.05, 0) is 44.9 Å². The summed E-state index contributed by atoms with van der Waals surface area (Å²) in [5, 5.41) is 23.8. The van der Waals surface area contributed by atoms with Crippen LogP contribution in [0.3, 0.4) is 0 Å². The molecule has 1 N–H and O–H groups in total. The van der Waals surface area contributed by atoms with E-state index >= 15 is 0 Å². The Balaban J connectivity index is 1.67. The van der Waals surface area contributed by atoms with Crippen molar-refractivity contribution in [2.75, 3.05) is 24.6 Å². The number of anilines is 1. The second-order valence-electron chi connectivity index (χ2n) is 8.49. The molecule has 0 atom stereocenters. The summed E-state index contributed by atoms with van der Waals surface area (Å²) < 4.78 is 7.42. The molecule has 0 saturated carbocycles. The molecule has 0 amide bonds. The Labute approximate surface area is 181 Å². The summed E-state index contributed by atoms with van der Waals surface area (Å²) in [6, 6.07) is 8.05. The molecule has 158 valence electrons. The van der Waals surface area contributed by atoms with Crippen LogP contribution < -0.4 is 9.64 Å². The van der Waals surface area contributed by atoms with E-state index in [0.717, 1.165) is 42.9 Å². The van der Waals surface area contributed by atoms with Gasteiger partial charge in [-0.2, -0.15) is 10.4 Å². The molecule has 3 aromatic heterocycles. The van der Waals surface area contributed by atoms with Crippen molar-refractivity contribution < 1.29 is 9.84 Å². The quantitative estimate of drug-likeness (QED) is 0.644. The molecule has 7 nitrogen and oxygen atoms in total. The van der Waals surface area contributed by atoms with E-state index in [1.807, 2.05) is 24.4 Å². The van der Waals surface area contributed by atoms with Crippen molar-refractivity contribution in [2.24, 2.45) is 5.92 Å². The lowest BCUT2D eigenvalue weighted by molar-refractivity contribution is 0.0283. The van der Waals surface area contributed by atoms with E-state index in [1.165, 1.54) is 6.20 Å². The lowest BCUT2D eigenvalue weighted by Gasteiger charge is -2.30. The van der Waals surface area contributed by atoms with Crippen molar-refractivity contribution in [2.45, 2.75) is 32.3 Å². The predicted octanol–water partition coefficient (Wildman–Crippen LogP) is 3.27. The number of fused-ring (bicyclic) bond motifs is 1. The van der Waals surface area contributed by atoms with Crippen LogP contribution in [0.25, 0.3) is 16.6 Å². The summed E-state index contributed by atoms with van der Waals surface area (Å²) >= 11 is 0. The first-order chi connectivity index (χ1) is 14.9. The number of piperidine rings is 1. The van der Waals surface area contributed by atoms with E-state index in [9.17, 15) is 10.4 Å². The second kappa shape index (κ2) is 8.29. The average Bonchev–Trinajstić information content (AvgIpc) is 3.20. The Morgan fingerprint density at radius 3 is 2.68 bits per heavy atom. The van der Waals surface area contributed by atoms with Gasteiger partial charge in [-0.3, -0.25) is 0 Å². The second-order valence-corrected chi connectivity index (χ2v) is 8.49. The topological polar surface area (TPSA) is 86.7 Å². The van der Waals surface area contributed by atoms with Crippen LogP contribution in [0.2, 0.25) is 0 Å². The number of hydrogen-bond acceptors (Lipinski definition) is 6. The van der Waals surface area contributed by atoms with Crippen LogP contribution in [-0.2, 0) is 0 Å². The zero-order chi connectivity index (χ0) is 22.0. The van der Waals surface area contributed by atoms with Gasteiger partial charge >= 0.3 is 0 Å². The first kappa shape index (κ1) is 20.7. The molecule has 1 saturated heterocycles. The van der Waals surface area contributed by atoms with E-state index in [0.29, 0.717) is 22.7 Å². The lowest BCUT2D eigenvalue weighted by atomic mass is 9.98. The van der Waals surface area contributed by atoms with E-state index in [-0.39, 0.29) is 6.61 Å². The third-order valence-corrected chi connectivity index (χ3v) is 5.41. The standard InChI is InChI=1S/C24H25N5O2/c1-4-17-7-9-28(10-8-17)22-6-5-18(13-26-22)21-11-20(31-16-24(2,3)30)15-29-23(21)19(12-25)14-27-29/h1,5-6,11,13-15,17,30H,7-10,16H2,2-3H3. The van der Waals surface area contributed by atoms with Gasteiger partial charge in [-0.1, -0.05) is 0 Å². The van der Waals surface area contributed by atoms with Crippen LogP contribution in [0.4, 0.5) is 5.82 Å². The smallest absolute Gasteiger partial charge is 0.138 e. The third kappa shape index (κ3) is 4.47. The van der Waals surface area contributed by atoms with E-state index in [4.69, 9.17) is 11.2 Å². The number of nitriles is 1. The number of aromatic nitrogens is 3. The fourth-order valence-corrected chi connectivity index (χ4v) is 3.75. The monoisotopic (exact) mass is 415 g/mol. The Hall–Kier alpha value is -3.55. The molecule has 31 heavy (non-hydrogen) atoms. The minimum Gasteiger partial charge on any atom is -0.489 e. The van der Waals surface area contributed by atoms with Gasteiger partial charge in [0, 0.05) is 36.3 Å². The average molecular weight is 415 g/mol. The molecule has 1 fully saturated rings. The molecule has 0 aliphatic carbocycles. The molecule has 0 aromatic carbocycles. The predicted molar refractivity (Wildman–Crippen MR) is 119 cm³/mol. The minimum absolute atomic E-state index is 0.134. The fourth-order valence-electron chi connectivity index (χ4n) is 3.75. The van der Waals surface area contributed by atoms with Crippen molar-refractivity contribution in [3.8, 4) is 35.3 Å². The maximum atomic E-state index is 9.99. The van der Waals surface area contributed by atoms with Crippen LogP contribution in [0.1, 0.15) is 32.3 Å². The Kier molecular flexibility index (Phi) is 5.54. The highest BCUT2D eigenvalue weighted by Gasteiger charge is 2.20. The van der Waals surface area contributed by atoms with Gasteiger partial charge in [-0.15, -0.1) is 12.3 Å². The van der Waals surface area contributed by atoms with Crippen molar-refractivity contribution in [1.82, 2.24) is 14.6 Å². The maximum absolute atomic E-state index is 9.99. The molecule has 0 unspecified atom stereocenters. The highest BCUT2D eigenvalue weighted by molar-refractivity contribution is 5.85. The summed E-state index contributed by atoms with van der Waals surface area (Å²) in [4.78, 5) is 6.92. The SMILES string of the molecule is C#CC1CCN(c2ccc(-c3cc(OCC(C)(C)O)cn4ncc(C#N)c34)cn2)CC1. The molecule has 0 spiro atoms. The minimum atomic E-state index is -0.965. The lowest BCUT2D eigenvalue weighted by Crippen LogP contribution is -2.33. The van der Waals surface area contributed by atoms with Gasteiger partial charge in [0.05, 0.1) is 29.1 Å². The normalized spacial score (nSPS) is 14.9. The van der Waals surface area contributed by atoms with Gasteiger partial charge in [-0.25, -0.2) is 9.50 Å². The number of hydrogen-bond donors (Lipinski definition) is 1. The fraction of sp³-hybridized carbons (Fsp3) is 0.375. The van der Waals surface area contributed by atoms with Crippen molar-refractivity contribution >= 4 is 11.3 Å².